The Morgan fingerprint density at radius 1 is 1.65 bits per heavy atom. The third kappa shape index (κ3) is 2.45. The van der Waals surface area contributed by atoms with Crippen molar-refractivity contribution in [1.29, 1.82) is 0 Å². The Hall–Kier alpha value is -2.47. The van der Waals surface area contributed by atoms with E-state index in [0.717, 1.165) is 11.1 Å². The smallest absolute Gasteiger partial charge is 0.355 e. The van der Waals surface area contributed by atoms with Crippen molar-refractivity contribution in [3.8, 4) is 0 Å². The van der Waals surface area contributed by atoms with E-state index >= 15 is 0 Å². The normalized spacial score (nSPS) is 24.1. The minimum Gasteiger partial charge on any atom is -0.457 e. The summed E-state index contributed by atoms with van der Waals surface area (Å²) in [7, 11) is 0. The summed E-state index contributed by atoms with van der Waals surface area (Å²) in [5.74, 6) is -1.27. The predicted molar refractivity (Wildman–Crippen MR) is 82.7 cm³/mol. The highest BCUT2D eigenvalue weighted by molar-refractivity contribution is 6.06. The molecule has 2 aliphatic rings. The van der Waals surface area contributed by atoms with E-state index in [4.69, 9.17) is 4.74 Å². The molecule has 1 aromatic rings. The van der Waals surface area contributed by atoms with Crippen LogP contribution in [0.15, 0.2) is 42.9 Å². The molecular formula is C17H18N2O4. The van der Waals surface area contributed by atoms with Crippen molar-refractivity contribution in [1.82, 2.24) is 9.88 Å². The van der Waals surface area contributed by atoms with Gasteiger partial charge < -0.3 is 14.7 Å². The van der Waals surface area contributed by atoms with Gasteiger partial charge in [0.15, 0.2) is 0 Å². The second kappa shape index (κ2) is 5.96. The molecule has 0 bridgehead atoms. The Bertz CT molecular complexity index is 681. The van der Waals surface area contributed by atoms with Crippen molar-refractivity contribution >= 4 is 17.4 Å². The molecule has 3 atom stereocenters. The monoisotopic (exact) mass is 314 g/mol. The first-order valence-corrected chi connectivity index (χ1v) is 7.49. The molecule has 3 heterocycles. The Labute approximate surface area is 134 Å². The summed E-state index contributed by atoms with van der Waals surface area (Å²) < 4.78 is 5.13. The van der Waals surface area contributed by atoms with Crippen LogP contribution in [-0.4, -0.2) is 45.6 Å². The third-order valence-corrected chi connectivity index (χ3v) is 4.26. The molecular weight excluding hydrogens is 296 g/mol. The van der Waals surface area contributed by atoms with Crippen LogP contribution in [0.1, 0.15) is 18.9 Å². The van der Waals surface area contributed by atoms with E-state index in [1.165, 1.54) is 11.0 Å². The minimum absolute atomic E-state index is 0.0786. The lowest BCUT2D eigenvalue weighted by Crippen LogP contribution is -2.61. The lowest BCUT2D eigenvalue weighted by Gasteiger charge is -2.44. The fraction of sp³-hybridized carbons (Fsp3) is 0.353. The van der Waals surface area contributed by atoms with Gasteiger partial charge in [0.25, 0.3) is 0 Å². The van der Waals surface area contributed by atoms with Crippen LogP contribution < -0.4 is 0 Å². The maximum atomic E-state index is 12.4. The number of rotatable bonds is 5. The summed E-state index contributed by atoms with van der Waals surface area (Å²) in [5, 5.41) is 9.80. The largest absolute Gasteiger partial charge is 0.457 e. The molecule has 1 saturated heterocycles. The van der Waals surface area contributed by atoms with Crippen LogP contribution in [0.5, 0.6) is 0 Å². The summed E-state index contributed by atoms with van der Waals surface area (Å²) in [6.45, 7) is 5.19. The number of hydrogen-bond donors (Lipinski definition) is 1. The van der Waals surface area contributed by atoms with Crippen molar-refractivity contribution < 1.29 is 19.4 Å². The third-order valence-electron chi connectivity index (χ3n) is 4.26. The van der Waals surface area contributed by atoms with Gasteiger partial charge >= 0.3 is 5.97 Å². The lowest BCUT2D eigenvalue weighted by atomic mass is 9.82. The van der Waals surface area contributed by atoms with Crippen molar-refractivity contribution in [2.45, 2.75) is 25.5 Å². The number of aliphatic hydroxyl groups excluding tert-OH is 1. The first-order valence-electron chi connectivity index (χ1n) is 7.49. The number of fused-ring (bicyclic) bond motifs is 1. The van der Waals surface area contributed by atoms with Crippen molar-refractivity contribution in [3.05, 3.63) is 48.4 Å². The zero-order valence-corrected chi connectivity index (χ0v) is 12.8. The second-order valence-corrected chi connectivity index (χ2v) is 5.70. The molecule has 0 saturated carbocycles. The van der Waals surface area contributed by atoms with Gasteiger partial charge in [-0.3, -0.25) is 9.78 Å². The number of carbonyl (C=O) groups excluding carboxylic acids is 2. The zero-order valence-electron chi connectivity index (χ0n) is 12.8. The number of carbonyl (C=O) groups is 2. The fourth-order valence-electron chi connectivity index (χ4n) is 3.26. The van der Waals surface area contributed by atoms with E-state index in [2.05, 4.69) is 11.6 Å². The topological polar surface area (TPSA) is 79.7 Å². The number of aliphatic hydroxyl groups is 1. The first kappa shape index (κ1) is 15.4. The van der Waals surface area contributed by atoms with E-state index in [1.807, 2.05) is 6.07 Å². The number of β-lactam (4-membered cyclic amide) rings is 1. The van der Waals surface area contributed by atoms with Gasteiger partial charge in [0, 0.05) is 12.4 Å². The van der Waals surface area contributed by atoms with Gasteiger partial charge in [-0.15, -0.1) is 0 Å². The zero-order chi connectivity index (χ0) is 16.6. The maximum absolute atomic E-state index is 12.4. The van der Waals surface area contributed by atoms with Crippen molar-refractivity contribution in [2.75, 3.05) is 6.61 Å². The Morgan fingerprint density at radius 3 is 3.04 bits per heavy atom. The van der Waals surface area contributed by atoms with E-state index in [0.29, 0.717) is 6.42 Å². The molecule has 1 fully saturated rings. The van der Waals surface area contributed by atoms with Gasteiger partial charge in [-0.1, -0.05) is 18.7 Å². The van der Waals surface area contributed by atoms with Crippen LogP contribution in [0.2, 0.25) is 0 Å². The molecule has 0 spiro atoms. The summed E-state index contributed by atoms with van der Waals surface area (Å²) in [4.78, 5) is 30.3. The molecule has 0 unspecified atom stereocenters. The molecule has 0 radical (unpaired) electrons. The van der Waals surface area contributed by atoms with Gasteiger partial charge in [0.05, 0.1) is 18.1 Å². The van der Waals surface area contributed by atoms with Gasteiger partial charge in [0.1, 0.15) is 12.3 Å². The van der Waals surface area contributed by atoms with Gasteiger partial charge in [-0.05, 0) is 30.5 Å². The average molecular weight is 314 g/mol. The summed E-state index contributed by atoms with van der Waals surface area (Å²) in [6.07, 6.45) is 4.54. The van der Waals surface area contributed by atoms with Crippen LogP contribution in [-0.2, 0) is 14.3 Å². The van der Waals surface area contributed by atoms with E-state index < -0.39 is 18.0 Å². The van der Waals surface area contributed by atoms with E-state index in [1.54, 1.807) is 25.4 Å². The van der Waals surface area contributed by atoms with Crippen LogP contribution in [0.3, 0.4) is 0 Å². The fourth-order valence-corrected chi connectivity index (χ4v) is 3.26. The minimum atomic E-state index is -0.748. The van der Waals surface area contributed by atoms with Gasteiger partial charge in [0.2, 0.25) is 5.91 Å². The standard InChI is InChI=1S/C17H18N2O4/c1-3-7-23-17(22)15-12(11-5-4-6-18-9-11)8-13-14(10(2)20)16(21)19(13)15/h3-6,9-10,13-14,20H,1,7-8H2,2H3/t10-,13-,14-/m1/s1. The quantitative estimate of drug-likeness (QED) is 0.501. The van der Waals surface area contributed by atoms with Crippen LogP contribution in [0, 0.1) is 5.92 Å². The number of ether oxygens (including phenoxy) is 1. The SMILES string of the molecule is C=CCOC(=O)C1=C(c2cccnc2)C[C@@H]2[C@@H]([C@@H](C)O)C(=O)N12. The highest BCUT2D eigenvalue weighted by atomic mass is 16.5. The second-order valence-electron chi connectivity index (χ2n) is 5.70. The Balaban J connectivity index is 1.98. The highest BCUT2D eigenvalue weighted by Crippen LogP contribution is 2.47. The summed E-state index contributed by atoms with van der Waals surface area (Å²) >= 11 is 0. The number of nitrogens with zero attached hydrogens (tertiary/aromatic N) is 2. The van der Waals surface area contributed by atoms with Gasteiger partial charge in [-0.2, -0.15) is 0 Å². The summed E-state index contributed by atoms with van der Waals surface area (Å²) in [5.41, 5.74) is 1.77. The molecule has 6 heteroatoms. The first-order chi connectivity index (χ1) is 11.1. The van der Waals surface area contributed by atoms with E-state index in [-0.39, 0.29) is 24.3 Å². The van der Waals surface area contributed by atoms with E-state index in [9.17, 15) is 14.7 Å². The number of amides is 1. The molecule has 6 nitrogen and oxygen atoms in total. The number of aromatic nitrogens is 1. The number of esters is 1. The maximum Gasteiger partial charge on any atom is 0.355 e. The van der Waals surface area contributed by atoms with Crippen molar-refractivity contribution in [3.63, 3.8) is 0 Å². The molecule has 3 rings (SSSR count). The molecule has 1 amide bonds. The Kier molecular flexibility index (Phi) is 4.00. The van der Waals surface area contributed by atoms with Crippen LogP contribution >= 0.6 is 0 Å². The van der Waals surface area contributed by atoms with Crippen molar-refractivity contribution in [2.24, 2.45) is 5.92 Å². The molecule has 1 aromatic heterocycles. The molecule has 0 aromatic carbocycles. The average Bonchev–Trinajstić information content (AvgIpc) is 2.88. The molecule has 120 valence electrons. The lowest BCUT2D eigenvalue weighted by molar-refractivity contribution is -0.162. The highest BCUT2D eigenvalue weighted by Gasteiger charge is 2.57. The van der Waals surface area contributed by atoms with Gasteiger partial charge in [-0.25, -0.2) is 4.79 Å². The molecule has 23 heavy (non-hydrogen) atoms. The molecule has 2 aliphatic heterocycles. The summed E-state index contributed by atoms with van der Waals surface area (Å²) in [6, 6.07) is 3.42. The molecule has 0 aliphatic carbocycles. The molecule has 1 N–H and O–H groups in total. The predicted octanol–water partition coefficient (Wildman–Crippen LogP) is 1.13. The number of hydrogen-bond acceptors (Lipinski definition) is 5. The van der Waals surface area contributed by atoms with Crippen LogP contribution in [0.25, 0.3) is 5.57 Å². The van der Waals surface area contributed by atoms with Crippen LogP contribution in [0.4, 0.5) is 0 Å². The number of pyridine rings is 1. The Morgan fingerprint density at radius 2 is 2.43 bits per heavy atom.